The van der Waals surface area contributed by atoms with Crippen LogP contribution in [0.25, 0.3) is 0 Å². The van der Waals surface area contributed by atoms with Crippen LogP contribution in [0.2, 0.25) is 0 Å². The van der Waals surface area contributed by atoms with Crippen molar-refractivity contribution in [3.8, 4) is 6.07 Å². The van der Waals surface area contributed by atoms with Crippen LogP contribution in [0.1, 0.15) is 38.3 Å². The molecule has 0 saturated carbocycles. The van der Waals surface area contributed by atoms with Gasteiger partial charge in [-0.1, -0.05) is 12.1 Å². The summed E-state index contributed by atoms with van der Waals surface area (Å²) in [5, 5.41) is 11.4. The monoisotopic (exact) mass is 315 g/mol. The normalized spacial score (nSPS) is 17.7. The predicted octanol–water partition coefficient (Wildman–Crippen LogP) is 2.18. The van der Waals surface area contributed by atoms with Gasteiger partial charge in [0.15, 0.2) is 0 Å². The molecule has 1 aromatic rings. The van der Waals surface area contributed by atoms with Crippen molar-refractivity contribution in [3.63, 3.8) is 0 Å². The van der Waals surface area contributed by atoms with Gasteiger partial charge < -0.3 is 15.0 Å². The summed E-state index contributed by atoms with van der Waals surface area (Å²) in [6.07, 6.45) is -0.00924. The van der Waals surface area contributed by atoms with Gasteiger partial charge in [0.2, 0.25) is 5.91 Å². The summed E-state index contributed by atoms with van der Waals surface area (Å²) >= 11 is 0. The second-order valence-corrected chi connectivity index (χ2v) is 6.56. The van der Waals surface area contributed by atoms with E-state index in [1.807, 2.05) is 12.1 Å². The molecule has 2 rings (SSSR count). The highest BCUT2D eigenvalue weighted by Gasteiger charge is 2.33. The van der Waals surface area contributed by atoms with Crippen molar-refractivity contribution < 1.29 is 14.3 Å². The number of hydrogen-bond donors (Lipinski definition) is 1. The highest BCUT2D eigenvalue weighted by Crippen LogP contribution is 2.16. The van der Waals surface area contributed by atoms with E-state index in [2.05, 4.69) is 11.4 Å². The number of hydrogen-bond acceptors (Lipinski definition) is 4. The van der Waals surface area contributed by atoms with Crippen molar-refractivity contribution in [2.45, 2.75) is 45.4 Å². The van der Waals surface area contributed by atoms with Crippen molar-refractivity contribution in [1.29, 1.82) is 5.26 Å². The maximum absolute atomic E-state index is 12.3. The molecule has 0 spiro atoms. The minimum absolute atomic E-state index is 0.111. The fraction of sp³-hybridized carbons (Fsp3) is 0.471. The molecule has 0 aliphatic carbocycles. The molecule has 1 fully saturated rings. The summed E-state index contributed by atoms with van der Waals surface area (Å²) in [6.45, 7) is 6.39. The number of alkyl carbamates (subject to hydrolysis) is 1. The molecule has 1 atom stereocenters. The summed E-state index contributed by atoms with van der Waals surface area (Å²) in [5.74, 6) is -0.111. The lowest BCUT2D eigenvalue weighted by atomic mass is 10.1. The maximum Gasteiger partial charge on any atom is 0.408 e. The third kappa shape index (κ3) is 4.71. The molecule has 0 aromatic heterocycles. The minimum Gasteiger partial charge on any atom is -0.444 e. The zero-order valence-corrected chi connectivity index (χ0v) is 13.6. The lowest BCUT2D eigenvalue weighted by molar-refractivity contribution is -0.129. The lowest BCUT2D eigenvalue weighted by Gasteiger charge is -2.21. The molecule has 1 aliphatic rings. The van der Waals surface area contributed by atoms with Crippen LogP contribution in [0.15, 0.2) is 24.3 Å². The van der Waals surface area contributed by atoms with Gasteiger partial charge in [0, 0.05) is 13.1 Å². The first-order valence-corrected chi connectivity index (χ1v) is 7.56. The van der Waals surface area contributed by atoms with Gasteiger partial charge in [-0.2, -0.15) is 5.26 Å². The molecular weight excluding hydrogens is 294 g/mol. The molecule has 1 heterocycles. The molecule has 1 N–H and O–H groups in total. The van der Waals surface area contributed by atoms with E-state index < -0.39 is 17.7 Å². The SMILES string of the molecule is CC(C)(C)OC(=O)NC1CCN(Cc2ccc(C#N)cc2)C1=O. The van der Waals surface area contributed by atoms with Crippen LogP contribution < -0.4 is 5.32 Å². The van der Waals surface area contributed by atoms with Crippen molar-refractivity contribution in [1.82, 2.24) is 10.2 Å². The Morgan fingerprint density at radius 1 is 1.39 bits per heavy atom. The summed E-state index contributed by atoms with van der Waals surface area (Å²) in [7, 11) is 0. The molecular formula is C17H21N3O3. The summed E-state index contributed by atoms with van der Waals surface area (Å²) < 4.78 is 5.18. The van der Waals surface area contributed by atoms with Gasteiger partial charge in [-0.15, -0.1) is 0 Å². The Bertz CT molecular complexity index is 626. The van der Waals surface area contributed by atoms with Crippen LogP contribution in [-0.4, -0.2) is 35.1 Å². The van der Waals surface area contributed by atoms with Crippen LogP contribution in [0.5, 0.6) is 0 Å². The third-order valence-electron chi connectivity index (χ3n) is 3.44. The largest absolute Gasteiger partial charge is 0.444 e. The van der Waals surface area contributed by atoms with Gasteiger partial charge in [-0.05, 0) is 44.9 Å². The van der Waals surface area contributed by atoms with Crippen molar-refractivity contribution in [2.24, 2.45) is 0 Å². The Morgan fingerprint density at radius 3 is 2.61 bits per heavy atom. The highest BCUT2D eigenvalue weighted by atomic mass is 16.6. The molecule has 0 radical (unpaired) electrons. The summed E-state index contributed by atoms with van der Waals surface area (Å²) in [5.41, 5.74) is 0.953. The number of benzene rings is 1. The molecule has 1 aliphatic heterocycles. The van der Waals surface area contributed by atoms with Gasteiger partial charge >= 0.3 is 6.09 Å². The number of likely N-dealkylation sites (tertiary alicyclic amines) is 1. The number of nitrogens with zero attached hydrogens (tertiary/aromatic N) is 2. The van der Waals surface area contributed by atoms with Gasteiger partial charge in [-0.25, -0.2) is 4.79 Å². The Labute approximate surface area is 136 Å². The van der Waals surface area contributed by atoms with Crippen LogP contribution >= 0.6 is 0 Å². The van der Waals surface area contributed by atoms with Gasteiger partial charge in [0.1, 0.15) is 11.6 Å². The molecule has 23 heavy (non-hydrogen) atoms. The van der Waals surface area contributed by atoms with E-state index in [0.717, 1.165) is 5.56 Å². The van der Waals surface area contributed by atoms with E-state index in [4.69, 9.17) is 10.00 Å². The number of carbonyl (C=O) groups excluding carboxylic acids is 2. The molecule has 6 heteroatoms. The number of amides is 2. The zero-order valence-electron chi connectivity index (χ0n) is 13.6. The van der Waals surface area contributed by atoms with E-state index in [-0.39, 0.29) is 5.91 Å². The number of nitrogens with one attached hydrogen (secondary N) is 1. The van der Waals surface area contributed by atoms with E-state index in [0.29, 0.717) is 25.1 Å². The van der Waals surface area contributed by atoms with Crippen LogP contribution in [0.4, 0.5) is 4.79 Å². The molecule has 122 valence electrons. The molecule has 0 bridgehead atoms. The summed E-state index contributed by atoms with van der Waals surface area (Å²) in [6, 6.07) is 8.65. The average Bonchev–Trinajstić information content (AvgIpc) is 2.79. The first-order chi connectivity index (χ1) is 10.8. The molecule has 1 aromatic carbocycles. The smallest absolute Gasteiger partial charge is 0.408 e. The first-order valence-electron chi connectivity index (χ1n) is 7.56. The minimum atomic E-state index is -0.589. The van der Waals surface area contributed by atoms with Crippen molar-refractivity contribution >= 4 is 12.0 Å². The number of nitriles is 1. The molecule has 1 unspecified atom stereocenters. The van der Waals surface area contributed by atoms with Gasteiger partial charge in [0.05, 0.1) is 11.6 Å². The number of ether oxygens (including phenoxy) is 1. The average molecular weight is 315 g/mol. The van der Waals surface area contributed by atoms with E-state index >= 15 is 0 Å². The van der Waals surface area contributed by atoms with Crippen LogP contribution in [-0.2, 0) is 16.1 Å². The number of carbonyl (C=O) groups is 2. The second-order valence-electron chi connectivity index (χ2n) is 6.56. The first kappa shape index (κ1) is 16.8. The Hall–Kier alpha value is -2.55. The summed E-state index contributed by atoms with van der Waals surface area (Å²) in [4.78, 5) is 25.8. The van der Waals surface area contributed by atoms with Crippen molar-refractivity contribution in [2.75, 3.05) is 6.54 Å². The third-order valence-corrected chi connectivity index (χ3v) is 3.44. The van der Waals surface area contributed by atoms with E-state index in [9.17, 15) is 9.59 Å². The quantitative estimate of drug-likeness (QED) is 0.927. The zero-order chi connectivity index (χ0) is 17.0. The van der Waals surface area contributed by atoms with Gasteiger partial charge in [-0.3, -0.25) is 4.79 Å². The highest BCUT2D eigenvalue weighted by molar-refractivity contribution is 5.87. The number of rotatable bonds is 3. The molecule has 6 nitrogen and oxygen atoms in total. The standard InChI is InChI=1S/C17H21N3O3/c1-17(2,3)23-16(22)19-14-8-9-20(15(14)21)11-13-6-4-12(10-18)5-7-13/h4-7,14H,8-9,11H2,1-3H3,(H,19,22). The van der Waals surface area contributed by atoms with E-state index in [1.54, 1.807) is 37.8 Å². The Balaban J connectivity index is 1.91. The topological polar surface area (TPSA) is 82.4 Å². The van der Waals surface area contributed by atoms with Crippen LogP contribution in [0.3, 0.4) is 0 Å². The lowest BCUT2D eigenvalue weighted by Crippen LogP contribution is -2.43. The molecule has 1 saturated heterocycles. The fourth-order valence-electron chi connectivity index (χ4n) is 2.38. The van der Waals surface area contributed by atoms with Crippen molar-refractivity contribution in [3.05, 3.63) is 35.4 Å². The second kappa shape index (κ2) is 6.69. The van der Waals surface area contributed by atoms with E-state index in [1.165, 1.54) is 0 Å². The maximum atomic E-state index is 12.3. The fourth-order valence-corrected chi connectivity index (χ4v) is 2.38. The van der Waals surface area contributed by atoms with Crippen LogP contribution in [0, 0.1) is 11.3 Å². The molecule has 2 amide bonds. The Morgan fingerprint density at radius 2 is 2.04 bits per heavy atom. The predicted molar refractivity (Wildman–Crippen MR) is 84.3 cm³/mol. The Kier molecular flexibility index (Phi) is 4.89. The van der Waals surface area contributed by atoms with Gasteiger partial charge in [0.25, 0.3) is 0 Å².